The SMILES string of the molecule is CCC1CN2CCCCC2CN1Cc1cccnc1. The molecule has 0 N–H and O–H groups in total. The van der Waals surface area contributed by atoms with E-state index >= 15 is 0 Å². The third-order valence-corrected chi connectivity index (χ3v) is 4.74. The van der Waals surface area contributed by atoms with Crippen molar-refractivity contribution >= 4 is 0 Å². The van der Waals surface area contributed by atoms with E-state index in [0.29, 0.717) is 0 Å². The normalized spacial score (nSPS) is 29.1. The van der Waals surface area contributed by atoms with Crippen molar-refractivity contribution in [3.63, 3.8) is 0 Å². The van der Waals surface area contributed by atoms with Gasteiger partial charge in [0.15, 0.2) is 0 Å². The molecule has 0 aliphatic carbocycles. The van der Waals surface area contributed by atoms with E-state index in [2.05, 4.69) is 27.8 Å². The van der Waals surface area contributed by atoms with Crippen LogP contribution in [0.5, 0.6) is 0 Å². The van der Waals surface area contributed by atoms with Crippen LogP contribution in [0.15, 0.2) is 24.5 Å². The predicted molar refractivity (Wildman–Crippen MR) is 77.9 cm³/mol. The Labute approximate surface area is 116 Å². The van der Waals surface area contributed by atoms with E-state index < -0.39 is 0 Å². The zero-order valence-corrected chi connectivity index (χ0v) is 12.0. The number of pyridine rings is 1. The average Bonchev–Trinajstić information content (AvgIpc) is 2.47. The first-order valence-electron chi connectivity index (χ1n) is 7.74. The van der Waals surface area contributed by atoms with Gasteiger partial charge in [-0.15, -0.1) is 0 Å². The van der Waals surface area contributed by atoms with Crippen LogP contribution in [-0.4, -0.2) is 46.5 Å². The lowest BCUT2D eigenvalue weighted by molar-refractivity contribution is 0.00323. The molecular formula is C16H25N3. The molecule has 2 fully saturated rings. The van der Waals surface area contributed by atoms with Gasteiger partial charge in [-0.1, -0.05) is 19.4 Å². The Morgan fingerprint density at radius 2 is 2.26 bits per heavy atom. The van der Waals surface area contributed by atoms with Crippen LogP contribution in [0.25, 0.3) is 0 Å². The summed E-state index contributed by atoms with van der Waals surface area (Å²) in [5.41, 5.74) is 1.35. The molecule has 3 nitrogen and oxygen atoms in total. The standard InChI is InChI=1S/C16H25N3/c1-2-15-12-18-9-4-3-7-16(18)13-19(15)11-14-6-5-8-17-10-14/h5-6,8,10,15-16H,2-4,7,9,11-13H2,1H3. The van der Waals surface area contributed by atoms with Gasteiger partial charge >= 0.3 is 0 Å². The van der Waals surface area contributed by atoms with Gasteiger partial charge in [0.2, 0.25) is 0 Å². The highest BCUT2D eigenvalue weighted by molar-refractivity contribution is 5.09. The maximum Gasteiger partial charge on any atom is 0.0312 e. The van der Waals surface area contributed by atoms with Gasteiger partial charge in [0.1, 0.15) is 0 Å². The van der Waals surface area contributed by atoms with E-state index in [4.69, 9.17) is 0 Å². The van der Waals surface area contributed by atoms with Crippen molar-refractivity contribution in [2.45, 2.75) is 51.2 Å². The lowest BCUT2D eigenvalue weighted by Crippen LogP contribution is -2.58. The van der Waals surface area contributed by atoms with Crippen LogP contribution in [0, 0.1) is 0 Å². The molecule has 2 saturated heterocycles. The maximum absolute atomic E-state index is 4.25. The van der Waals surface area contributed by atoms with E-state index in [0.717, 1.165) is 18.6 Å². The molecule has 2 aliphatic rings. The van der Waals surface area contributed by atoms with E-state index in [1.54, 1.807) is 0 Å². The fraction of sp³-hybridized carbons (Fsp3) is 0.688. The van der Waals surface area contributed by atoms with Crippen LogP contribution >= 0.6 is 0 Å². The van der Waals surface area contributed by atoms with Gasteiger partial charge in [-0.25, -0.2) is 0 Å². The summed E-state index contributed by atoms with van der Waals surface area (Å²) >= 11 is 0. The van der Waals surface area contributed by atoms with Crippen molar-refractivity contribution < 1.29 is 0 Å². The molecule has 3 rings (SSSR count). The third kappa shape index (κ3) is 2.98. The van der Waals surface area contributed by atoms with Crippen LogP contribution in [0.1, 0.15) is 38.2 Å². The highest BCUT2D eigenvalue weighted by Crippen LogP contribution is 2.26. The van der Waals surface area contributed by atoms with Crippen molar-refractivity contribution in [1.82, 2.24) is 14.8 Å². The fourth-order valence-corrected chi connectivity index (χ4v) is 3.62. The van der Waals surface area contributed by atoms with Gasteiger partial charge in [-0.3, -0.25) is 14.8 Å². The maximum atomic E-state index is 4.25. The van der Waals surface area contributed by atoms with Crippen LogP contribution in [-0.2, 0) is 6.54 Å². The summed E-state index contributed by atoms with van der Waals surface area (Å²) in [4.78, 5) is 9.66. The van der Waals surface area contributed by atoms with E-state index in [1.807, 2.05) is 18.5 Å². The molecule has 104 valence electrons. The largest absolute Gasteiger partial charge is 0.298 e. The number of nitrogens with zero attached hydrogens (tertiary/aromatic N) is 3. The quantitative estimate of drug-likeness (QED) is 0.831. The summed E-state index contributed by atoms with van der Waals surface area (Å²) in [7, 11) is 0. The molecule has 0 saturated carbocycles. The van der Waals surface area contributed by atoms with Crippen LogP contribution in [0.3, 0.4) is 0 Å². The van der Waals surface area contributed by atoms with Crippen molar-refractivity contribution in [2.24, 2.45) is 0 Å². The Balaban J connectivity index is 1.68. The van der Waals surface area contributed by atoms with Gasteiger partial charge in [0, 0.05) is 44.1 Å². The number of hydrogen-bond acceptors (Lipinski definition) is 3. The number of hydrogen-bond donors (Lipinski definition) is 0. The van der Waals surface area contributed by atoms with Gasteiger partial charge in [-0.05, 0) is 37.4 Å². The second-order valence-electron chi connectivity index (χ2n) is 6.00. The Morgan fingerprint density at radius 1 is 1.32 bits per heavy atom. The van der Waals surface area contributed by atoms with Gasteiger partial charge in [0.25, 0.3) is 0 Å². The number of rotatable bonds is 3. The second kappa shape index (κ2) is 6.02. The summed E-state index contributed by atoms with van der Waals surface area (Å²) in [5, 5.41) is 0. The first-order chi connectivity index (χ1) is 9.36. The molecule has 2 aliphatic heterocycles. The van der Waals surface area contributed by atoms with Gasteiger partial charge in [0.05, 0.1) is 0 Å². The van der Waals surface area contributed by atoms with Gasteiger partial charge < -0.3 is 0 Å². The van der Waals surface area contributed by atoms with E-state index in [1.165, 1.54) is 50.9 Å². The molecule has 0 spiro atoms. The summed E-state index contributed by atoms with van der Waals surface area (Å²) in [5.74, 6) is 0. The number of piperazine rings is 1. The molecule has 1 aromatic rings. The number of aromatic nitrogens is 1. The van der Waals surface area contributed by atoms with Crippen LogP contribution in [0.2, 0.25) is 0 Å². The van der Waals surface area contributed by atoms with E-state index in [9.17, 15) is 0 Å². The first kappa shape index (κ1) is 13.1. The second-order valence-corrected chi connectivity index (χ2v) is 6.00. The molecular weight excluding hydrogens is 234 g/mol. The minimum absolute atomic E-state index is 0.717. The zero-order chi connectivity index (χ0) is 13.1. The van der Waals surface area contributed by atoms with Crippen LogP contribution < -0.4 is 0 Å². The lowest BCUT2D eigenvalue weighted by Gasteiger charge is -2.48. The van der Waals surface area contributed by atoms with Gasteiger partial charge in [-0.2, -0.15) is 0 Å². The molecule has 0 amide bonds. The molecule has 0 bridgehead atoms. The minimum atomic E-state index is 0.717. The summed E-state index contributed by atoms with van der Waals surface area (Å²) < 4.78 is 0. The van der Waals surface area contributed by atoms with Crippen molar-refractivity contribution in [3.05, 3.63) is 30.1 Å². The molecule has 3 heterocycles. The first-order valence-corrected chi connectivity index (χ1v) is 7.74. The Hall–Kier alpha value is -0.930. The summed E-state index contributed by atoms with van der Waals surface area (Å²) in [6, 6.07) is 5.77. The molecule has 0 radical (unpaired) electrons. The highest BCUT2D eigenvalue weighted by atomic mass is 15.3. The molecule has 19 heavy (non-hydrogen) atoms. The molecule has 2 atom stereocenters. The average molecular weight is 259 g/mol. The van der Waals surface area contributed by atoms with Crippen LogP contribution in [0.4, 0.5) is 0 Å². The predicted octanol–water partition coefficient (Wildman–Crippen LogP) is 2.53. The number of piperidine rings is 1. The third-order valence-electron chi connectivity index (χ3n) is 4.74. The molecule has 3 heteroatoms. The summed E-state index contributed by atoms with van der Waals surface area (Å²) in [6.45, 7) is 7.22. The number of fused-ring (bicyclic) bond motifs is 1. The zero-order valence-electron chi connectivity index (χ0n) is 12.0. The highest BCUT2D eigenvalue weighted by Gasteiger charge is 2.33. The summed E-state index contributed by atoms with van der Waals surface area (Å²) in [6.07, 6.45) is 9.33. The molecule has 1 aromatic heterocycles. The minimum Gasteiger partial charge on any atom is -0.298 e. The molecule has 2 unspecified atom stereocenters. The molecule has 0 aromatic carbocycles. The Morgan fingerprint density at radius 3 is 3.05 bits per heavy atom. The Kier molecular flexibility index (Phi) is 4.14. The van der Waals surface area contributed by atoms with Crippen molar-refractivity contribution in [1.29, 1.82) is 0 Å². The van der Waals surface area contributed by atoms with Crippen molar-refractivity contribution in [2.75, 3.05) is 19.6 Å². The smallest absolute Gasteiger partial charge is 0.0312 e. The topological polar surface area (TPSA) is 19.4 Å². The monoisotopic (exact) mass is 259 g/mol. The Bertz CT molecular complexity index is 392. The fourth-order valence-electron chi connectivity index (χ4n) is 3.62. The van der Waals surface area contributed by atoms with E-state index in [-0.39, 0.29) is 0 Å². The lowest BCUT2D eigenvalue weighted by atomic mass is 9.95. The van der Waals surface area contributed by atoms with Crippen molar-refractivity contribution in [3.8, 4) is 0 Å².